The number of carbonyl (C=O) groups is 1. The van der Waals surface area contributed by atoms with Gasteiger partial charge in [0, 0.05) is 13.0 Å². The van der Waals surface area contributed by atoms with Gasteiger partial charge in [0.25, 0.3) is 0 Å². The van der Waals surface area contributed by atoms with E-state index in [1.165, 1.54) is 128 Å². The fraction of sp³-hybridized carbons (Fsp3) is 0.942. The minimum Gasteiger partial charge on any atom is -0.431 e. The summed E-state index contributed by atoms with van der Waals surface area (Å²) in [5.74, 6) is 4.71. The van der Waals surface area contributed by atoms with Crippen molar-refractivity contribution in [1.29, 1.82) is 0 Å². The molecule has 0 bridgehead atoms. The maximum Gasteiger partial charge on any atom is 0.508 e. The smallest absolute Gasteiger partial charge is 0.431 e. The van der Waals surface area contributed by atoms with Crippen LogP contribution in [0.15, 0.2) is 11.6 Å². The third kappa shape index (κ3) is 17.4. The maximum atomic E-state index is 13.4. The summed E-state index contributed by atoms with van der Waals surface area (Å²) < 4.78 is 41.7. The van der Waals surface area contributed by atoms with Gasteiger partial charge in [-0.2, -0.15) is 0 Å². The molecule has 4 rings (SSSR count). The summed E-state index contributed by atoms with van der Waals surface area (Å²) in [4.78, 5) is 23.8. The first-order valence-corrected chi connectivity index (χ1v) is 27.5. The molecule has 2 unspecified atom stereocenters. The Morgan fingerprint density at radius 3 is 2.06 bits per heavy atom. The molecule has 0 radical (unpaired) electrons. The highest BCUT2D eigenvalue weighted by atomic mass is 31.2. The average Bonchev–Trinajstić information content (AvgIpc) is 3.56. The van der Waals surface area contributed by atoms with Gasteiger partial charge in [0.1, 0.15) is 19.3 Å². The highest BCUT2D eigenvalue weighted by Crippen LogP contribution is 2.67. The second kappa shape index (κ2) is 26.4. The second-order valence-electron chi connectivity index (χ2n) is 22.5. The van der Waals surface area contributed by atoms with Gasteiger partial charge in [-0.05, 0) is 97.7 Å². The molecule has 3 saturated carbocycles. The van der Waals surface area contributed by atoms with Crippen molar-refractivity contribution < 1.29 is 42.0 Å². The van der Waals surface area contributed by atoms with E-state index in [4.69, 9.17) is 23.3 Å². The standard InChI is InChI=1S/C52H96NO8P/c1-10-11-12-13-14-15-16-17-18-19-20-21-22-23-36-57-39-45(40-59-62(55,56)58-37-35-53(7,8)9)61-50(54)60-44-31-33-51(5)43(38-44)27-28-46-48-30-29-47(42(4)26-24-25-41(2)3)52(48,6)34-32-49(46)51/h27,41-42,44-49H,10-26,28-40H2,1-9H3/p+1/t42-,44+,45?,46+,47-,48+,49+,51+,52-/m1/s1. The first-order chi connectivity index (χ1) is 29.5. The molecule has 4 aliphatic carbocycles. The van der Waals surface area contributed by atoms with Crippen LogP contribution in [0.4, 0.5) is 4.79 Å². The molecule has 3 fully saturated rings. The number of allylic oxidation sites excluding steroid dienone is 1. The molecular formula is C52H97NO8P+. The molecule has 4 aliphatic rings. The van der Waals surface area contributed by atoms with Gasteiger partial charge in [-0.25, -0.2) is 9.36 Å². The van der Waals surface area contributed by atoms with E-state index in [-0.39, 0.29) is 31.3 Å². The zero-order chi connectivity index (χ0) is 45.2. The van der Waals surface area contributed by atoms with Crippen LogP contribution in [-0.4, -0.2) is 81.9 Å². The van der Waals surface area contributed by atoms with Crippen molar-refractivity contribution in [3.63, 3.8) is 0 Å². The van der Waals surface area contributed by atoms with Crippen LogP contribution in [0.3, 0.4) is 0 Å². The summed E-state index contributed by atoms with van der Waals surface area (Å²) in [5, 5.41) is 0. The van der Waals surface area contributed by atoms with Crippen LogP contribution in [0.25, 0.3) is 0 Å². The van der Waals surface area contributed by atoms with Crippen molar-refractivity contribution in [2.24, 2.45) is 46.3 Å². The van der Waals surface area contributed by atoms with Crippen LogP contribution in [0.2, 0.25) is 0 Å². The quantitative estimate of drug-likeness (QED) is 0.0241. The van der Waals surface area contributed by atoms with E-state index in [0.29, 0.717) is 29.0 Å². The van der Waals surface area contributed by atoms with Crippen molar-refractivity contribution in [2.45, 2.75) is 214 Å². The van der Waals surface area contributed by atoms with Crippen LogP contribution in [-0.2, 0) is 27.8 Å². The van der Waals surface area contributed by atoms with E-state index < -0.39 is 20.1 Å². The molecule has 10 heteroatoms. The van der Waals surface area contributed by atoms with Crippen molar-refractivity contribution in [3.05, 3.63) is 11.6 Å². The fourth-order valence-corrected chi connectivity index (χ4v) is 13.2. The van der Waals surface area contributed by atoms with Gasteiger partial charge in [-0.15, -0.1) is 0 Å². The zero-order valence-electron chi connectivity index (χ0n) is 41.6. The molecular weight excluding hydrogens is 798 g/mol. The first kappa shape index (κ1) is 53.7. The van der Waals surface area contributed by atoms with Crippen molar-refractivity contribution >= 4 is 14.0 Å². The van der Waals surface area contributed by atoms with Crippen molar-refractivity contribution in [1.82, 2.24) is 0 Å². The number of ether oxygens (including phenoxy) is 3. The number of phosphoric acid groups is 1. The number of phosphoric ester groups is 1. The summed E-state index contributed by atoms with van der Waals surface area (Å²) in [6.45, 7) is 15.6. The number of rotatable bonds is 31. The molecule has 0 aromatic carbocycles. The molecule has 0 aromatic rings. The van der Waals surface area contributed by atoms with Gasteiger partial charge in [-0.3, -0.25) is 9.05 Å². The molecule has 0 spiro atoms. The summed E-state index contributed by atoms with van der Waals surface area (Å²) >= 11 is 0. The lowest BCUT2D eigenvalue weighted by Gasteiger charge is -2.58. The summed E-state index contributed by atoms with van der Waals surface area (Å²) in [6, 6.07) is 0. The highest BCUT2D eigenvalue weighted by molar-refractivity contribution is 7.47. The average molecular weight is 895 g/mol. The minimum absolute atomic E-state index is 0.0566. The Kier molecular flexibility index (Phi) is 22.8. The van der Waals surface area contributed by atoms with Crippen molar-refractivity contribution in [3.8, 4) is 0 Å². The lowest BCUT2D eigenvalue weighted by atomic mass is 9.47. The van der Waals surface area contributed by atoms with Gasteiger partial charge in [0.2, 0.25) is 0 Å². The predicted octanol–water partition coefficient (Wildman–Crippen LogP) is 14.3. The van der Waals surface area contributed by atoms with Gasteiger partial charge in [0.15, 0.2) is 6.10 Å². The van der Waals surface area contributed by atoms with Crippen LogP contribution in [0.5, 0.6) is 0 Å². The monoisotopic (exact) mass is 895 g/mol. The SMILES string of the molecule is CCCCCCCCCCCCCCCCOCC(COP(=O)(O)OCC[N+](C)(C)C)OC(=O)O[C@H]1CC[C@@]2(C)C(=CC[C@H]3[C@@H]4CC[C@H]([C@H](C)CCCC(C)C)[C@@]4(C)CC[C@@H]32)C1. The van der Waals surface area contributed by atoms with Gasteiger partial charge in [-0.1, -0.05) is 156 Å². The maximum absolute atomic E-state index is 13.4. The Balaban J connectivity index is 1.22. The van der Waals surface area contributed by atoms with Crippen LogP contribution in [0.1, 0.15) is 202 Å². The van der Waals surface area contributed by atoms with E-state index in [1.807, 2.05) is 21.1 Å². The number of fused-ring (bicyclic) bond motifs is 5. The number of likely N-dealkylation sites (N-methyl/N-ethyl adjacent to an activating group) is 1. The van der Waals surface area contributed by atoms with Gasteiger partial charge < -0.3 is 23.6 Å². The third-order valence-electron chi connectivity index (χ3n) is 16.2. The Hall–Kier alpha value is -0.960. The number of unbranched alkanes of at least 4 members (excludes halogenated alkanes) is 13. The molecule has 62 heavy (non-hydrogen) atoms. The topological polar surface area (TPSA) is 101 Å². The first-order valence-electron chi connectivity index (χ1n) is 26.0. The molecule has 0 saturated heterocycles. The fourth-order valence-electron chi connectivity index (χ4n) is 12.4. The molecule has 0 aromatic heterocycles. The zero-order valence-corrected chi connectivity index (χ0v) is 42.5. The van der Waals surface area contributed by atoms with Crippen molar-refractivity contribution in [2.75, 3.05) is 54.1 Å². The van der Waals surface area contributed by atoms with E-state index in [1.54, 1.807) is 0 Å². The number of quaternary nitrogens is 1. The Morgan fingerprint density at radius 2 is 1.44 bits per heavy atom. The molecule has 9 nitrogen and oxygen atoms in total. The Bertz CT molecular complexity index is 1370. The van der Waals surface area contributed by atoms with E-state index in [0.717, 1.165) is 68.1 Å². The van der Waals surface area contributed by atoms with Crippen LogP contribution in [0, 0.1) is 46.3 Å². The normalized spacial score (nSPS) is 29.3. The van der Waals surface area contributed by atoms with Gasteiger partial charge in [0.05, 0.1) is 34.4 Å². The van der Waals surface area contributed by atoms with Gasteiger partial charge >= 0.3 is 14.0 Å². The largest absolute Gasteiger partial charge is 0.508 e. The molecule has 0 aliphatic heterocycles. The molecule has 0 heterocycles. The van der Waals surface area contributed by atoms with E-state index in [9.17, 15) is 14.3 Å². The summed E-state index contributed by atoms with van der Waals surface area (Å²) in [5.41, 5.74) is 2.08. The molecule has 0 amide bonds. The molecule has 362 valence electrons. The third-order valence-corrected chi connectivity index (χ3v) is 17.2. The molecule has 1 N–H and O–H groups in total. The van der Waals surface area contributed by atoms with E-state index in [2.05, 4.69) is 47.6 Å². The summed E-state index contributed by atoms with van der Waals surface area (Å²) in [6.07, 6.45) is 31.9. The summed E-state index contributed by atoms with van der Waals surface area (Å²) in [7, 11) is 1.60. The number of nitrogens with zero attached hydrogens (tertiary/aromatic N) is 1. The Morgan fingerprint density at radius 1 is 0.790 bits per heavy atom. The number of carbonyl (C=O) groups excluding carboxylic acids is 1. The lowest BCUT2D eigenvalue weighted by Crippen LogP contribution is -2.51. The minimum atomic E-state index is -4.36. The Labute approximate surface area is 381 Å². The highest BCUT2D eigenvalue weighted by Gasteiger charge is 2.59. The predicted molar refractivity (Wildman–Crippen MR) is 254 cm³/mol. The second-order valence-corrected chi connectivity index (χ2v) is 24.0. The van der Waals surface area contributed by atoms with Crippen LogP contribution < -0.4 is 0 Å². The van der Waals surface area contributed by atoms with E-state index >= 15 is 0 Å². The van der Waals surface area contributed by atoms with Crippen LogP contribution >= 0.6 is 7.82 Å². The number of hydrogen-bond donors (Lipinski definition) is 1. The number of hydrogen-bond acceptors (Lipinski definition) is 7. The molecule has 10 atom stereocenters. The lowest BCUT2D eigenvalue weighted by molar-refractivity contribution is -0.870.